The zero-order valence-electron chi connectivity index (χ0n) is 12.5. The molecule has 1 aliphatic heterocycles. The molecule has 1 fully saturated rings. The van der Waals surface area contributed by atoms with Crippen molar-refractivity contribution in [2.45, 2.75) is 33.6 Å². The molecule has 1 saturated heterocycles. The van der Waals surface area contributed by atoms with Gasteiger partial charge in [-0.3, -0.25) is 4.99 Å². The molecule has 1 aromatic rings. The quantitative estimate of drug-likeness (QED) is 0.826. The third kappa shape index (κ3) is 3.38. The first kappa shape index (κ1) is 14.6. The predicted octanol–water partition coefficient (Wildman–Crippen LogP) is 3.63. The van der Waals surface area contributed by atoms with Crippen LogP contribution in [-0.4, -0.2) is 36.4 Å². The summed E-state index contributed by atoms with van der Waals surface area (Å²) >= 11 is 0. The minimum absolute atomic E-state index is 0.210. The summed E-state index contributed by atoms with van der Waals surface area (Å²) in [7, 11) is 0. The summed E-state index contributed by atoms with van der Waals surface area (Å²) < 4.78 is 5.02. The van der Waals surface area contributed by atoms with Crippen LogP contribution in [-0.2, 0) is 4.74 Å². The van der Waals surface area contributed by atoms with E-state index in [4.69, 9.17) is 9.73 Å². The Morgan fingerprint density at radius 2 is 1.85 bits per heavy atom. The summed E-state index contributed by atoms with van der Waals surface area (Å²) in [6, 6.07) is 6.22. The second kappa shape index (κ2) is 6.55. The van der Waals surface area contributed by atoms with Crippen molar-refractivity contribution in [3.63, 3.8) is 0 Å². The maximum Gasteiger partial charge on any atom is 0.409 e. The zero-order valence-corrected chi connectivity index (χ0v) is 12.5. The van der Waals surface area contributed by atoms with Crippen molar-refractivity contribution in [3.05, 3.63) is 29.3 Å². The van der Waals surface area contributed by atoms with E-state index in [1.165, 1.54) is 16.8 Å². The van der Waals surface area contributed by atoms with Gasteiger partial charge >= 0.3 is 6.09 Å². The van der Waals surface area contributed by atoms with Crippen LogP contribution in [0.4, 0.5) is 10.5 Å². The fourth-order valence-electron chi connectivity index (χ4n) is 2.41. The monoisotopic (exact) mass is 274 g/mol. The molecular weight excluding hydrogens is 252 g/mol. The van der Waals surface area contributed by atoms with Crippen molar-refractivity contribution in [3.8, 4) is 0 Å². The van der Waals surface area contributed by atoms with Crippen LogP contribution >= 0.6 is 0 Å². The average Bonchev–Trinajstić information content (AvgIpc) is 2.44. The molecule has 108 valence electrons. The number of hydrogen-bond acceptors (Lipinski definition) is 3. The number of benzene rings is 1. The first-order valence-corrected chi connectivity index (χ1v) is 7.16. The number of nitrogens with zero attached hydrogens (tertiary/aromatic N) is 2. The fraction of sp³-hybridized carbons (Fsp3) is 0.500. The standard InChI is InChI=1S/C16H22N2O2/c1-4-20-16(19)18-10-8-14(9-11-18)17-15-12(2)6-5-7-13(15)3/h5-7H,4,8-11H2,1-3H3. The number of amides is 1. The molecule has 0 atom stereocenters. The van der Waals surface area contributed by atoms with E-state index in [9.17, 15) is 4.79 Å². The molecule has 0 unspecified atom stereocenters. The van der Waals surface area contributed by atoms with Gasteiger partial charge in [0.15, 0.2) is 0 Å². The first-order valence-electron chi connectivity index (χ1n) is 7.16. The van der Waals surface area contributed by atoms with Crippen LogP contribution < -0.4 is 0 Å². The van der Waals surface area contributed by atoms with Gasteiger partial charge in [0, 0.05) is 31.6 Å². The lowest BCUT2D eigenvalue weighted by molar-refractivity contribution is 0.107. The molecule has 0 radical (unpaired) electrons. The summed E-state index contributed by atoms with van der Waals surface area (Å²) in [6.45, 7) is 7.82. The van der Waals surface area contributed by atoms with E-state index in [0.717, 1.165) is 18.5 Å². The van der Waals surface area contributed by atoms with Gasteiger partial charge in [-0.05, 0) is 31.9 Å². The summed E-state index contributed by atoms with van der Waals surface area (Å²) in [6.07, 6.45) is 1.44. The van der Waals surface area contributed by atoms with Crippen LogP contribution in [0.5, 0.6) is 0 Å². The topological polar surface area (TPSA) is 41.9 Å². The van der Waals surface area contributed by atoms with Gasteiger partial charge < -0.3 is 9.64 Å². The molecular formula is C16H22N2O2. The van der Waals surface area contributed by atoms with E-state index in [1.54, 1.807) is 4.90 Å². The molecule has 2 rings (SSSR count). The molecule has 4 nitrogen and oxygen atoms in total. The lowest BCUT2D eigenvalue weighted by Gasteiger charge is -2.27. The summed E-state index contributed by atoms with van der Waals surface area (Å²) in [4.78, 5) is 18.2. The van der Waals surface area contributed by atoms with Gasteiger partial charge in [0.2, 0.25) is 0 Å². The molecule has 1 aliphatic rings. The highest BCUT2D eigenvalue weighted by atomic mass is 16.6. The van der Waals surface area contributed by atoms with Crippen molar-refractivity contribution in [2.24, 2.45) is 4.99 Å². The van der Waals surface area contributed by atoms with Crippen molar-refractivity contribution in [2.75, 3.05) is 19.7 Å². The Balaban J connectivity index is 2.03. The molecule has 4 heteroatoms. The van der Waals surface area contributed by atoms with E-state index in [1.807, 2.05) is 6.92 Å². The Bertz CT molecular complexity index is 493. The van der Waals surface area contributed by atoms with Gasteiger partial charge in [0.1, 0.15) is 0 Å². The molecule has 0 saturated carbocycles. The number of hydrogen-bond donors (Lipinski definition) is 0. The molecule has 0 spiro atoms. The predicted molar refractivity (Wildman–Crippen MR) is 80.8 cm³/mol. The largest absolute Gasteiger partial charge is 0.450 e. The first-order chi connectivity index (χ1) is 9.61. The SMILES string of the molecule is CCOC(=O)N1CCC(=Nc2c(C)cccc2C)CC1. The molecule has 1 aromatic carbocycles. The minimum Gasteiger partial charge on any atom is -0.450 e. The maximum atomic E-state index is 11.6. The molecule has 0 aromatic heterocycles. The molecule has 1 heterocycles. The minimum atomic E-state index is -0.210. The molecule has 0 aliphatic carbocycles. The Morgan fingerprint density at radius 3 is 2.40 bits per heavy atom. The Morgan fingerprint density at radius 1 is 1.25 bits per heavy atom. The van der Waals surface area contributed by atoms with Crippen LogP contribution in [0.3, 0.4) is 0 Å². The lowest BCUT2D eigenvalue weighted by atomic mass is 10.1. The van der Waals surface area contributed by atoms with E-state index in [2.05, 4.69) is 32.0 Å². The van der Waals surface area contributed by atoms with Crippen LogP contribution in [0.25, 0.3) is 0 Å². The van der Waals surface area contributed by atoms with Gasteiger partial charge in [-0.25, -0.2) is 4.79 Å². The molecule has 1 amide bonds. The molecule has 0 bridgehead atoms. The molecule has 20 heavy (non-hydrogen) atoms. The Hall–Kier alpha value is -1.84. The Labute approximate surface area is 120 Å². The third-order valence-corrected chi connectivity index (χ3v) is 3.58. The third-order valence-electron chi connectivity index (χ3n) is 3.58. The maximum absolute atomic E-state index is 11.6. The lowest BCUT2D eigenvalue weighted by Crippen LogP contribution is -2.39. The number of para-hydroxylation sites is 1. The van der Waals surface area contributed by atoms with E-state index in [0.29, 0.717) is 19.7 Å². The summed E-state index contributed by atoms with van der Waals surface area (Å²) in [5.41, 5.74) is 4.64. The van der Waals surface area contributed by atoms with Gasteiger partial charge in [0.25, 0.3) is 0 Å². The number of aryl methyl sites for hydroxylation is 2. The van der Waals surface area contributed by atoms with Crippen LogP contribution in [0.15, 0.2) is 23.2 Å². The fourth-order valence-corrected chi connectivity index (χ4v) is 2.41. The number of likely N-dealkylation sites (tertiary alicyclic amines) is 1. The number of carbonyl (C=O) groups is 1. The highest BCUT2D eigenvalue weighted by Gasteiger charge is 2.20. The second-order valence-corrected chi connectivity index (χ2v) is 5.10. The van der Waals surface area contributed by atoms with Crippen molar-refractivity contribution < 1.29 is 9.53 Å². The number of aliphatic imine (C=N–C) groups is 1. The Kier molecular flexibility index (Phi) is 4.77. The van der Waals surface area contributed by atoms with Crippen molar-refractivity contribution >= 4 is 17.5 Å². The highest BCUT2D eigenvalue weighted by Crippen LogP contribution is 2.24. The summed E-state index contributed by atoms with van der Waals surface area (Å²) in [5.74, 6) is 0. The van der Waals surface area contributed by atoms with Gasteiger partial charge in [-0.15, -0.1) is 0 Å². The second-order valence-electron chi connectivity index (χ2n) is 5.10. The van der Waals surface area contributed by atoms with Crippen molar-refractivity contribution in [1.82, 2.24) is 4.90 Å². The average molecular weight is 274 g/mol. The summed E-state index contributed by atoms with van der Waals surface area (Å²) in [5, 5.41) is 0. The van der Waals surface area contributed by atoms with E-state index >= 15 is 0 Å². The van der Waals surface area contributed by atoms with E-state index in [-0.39, 0.29) is 6.09 Å². The van der Waals surface area contributed by atoms with Gasteiger partial charge in [-0.2, -0.15) is 0 Å². The highest BCUT2D eigenvalue weighted by molar-refractivity contribution is 5.89. The van der Waals surface area contributed by atoms with Gasteiger partial charge in [-0.1, -0.05) is 18.2 Å². The smallest absolute Gasteiger partial charge is 0.409 e. The van der Waals surface area contributed by atoms with Crippen LogP contribution in [0, 0.1) is 13.8 Å². The van der Waals surface area contributed by atoms with Crippen LogP contribution in [0.1, 0.15) is 30.9 Å². The normalized spacial score (nSPS) is 15.2. The zero-order chi connectivity index (χ0) is 14.5. The number of rotatable bonds is 2. The van der Waals surface area contributed by atoms with Crippen LogP contribution in [0.2, 0.25) is 0 Å². The van der Waals surface area contributed by atoms with Crippen molar-refractivity contribution in [1.29, 1.82) is 0 Å². The number of piperidine rings is 1. The molecule has 0 N–H and O–H groups in total. The van der Waals surface area contributed by atoms with E-state index < -0.39 is 0 Å². The number of ether oxygens (including phenoxy) is 1. The number of carbonyl (C=O) groups excluding carboxylic acids is 1. The van der Waals surface area contributed by atoms with Gasteiger partial charge in [0.05, 0.1) is 12.3 Å².